The first-order chi connectivity index (χ1) is 10.1. The summed E-state index contributed by atoms with van der Waals surface area (Å²) in [5, 5.41) is 2.81. The van der Waals surface area contributed by atoms with E-state index in [1.54, 1.807) is 12.1 Å². The van der Waals surface area contributed by atoms with E-state index in [2.05, 4.69) is 12.2 Å². The third kappa shape index (κ3) is 4.53. The van der Waals surface area contributed by atoms with E-state index in [0.717, 1.165) is 12.8 Å². The van der Waals surface area contributed by atoms with Gasteiger partial charge in [0.25, 0.3) is 5.91 Å². The average molecular weight is 296 g/mol. The summed E-state index contributed by atoms with van der Waals surface area (Å²) in [5.41, 5.74) is 6.28. The van der Waals surface area contributed by atoms with Crippen molar-refractivity contribution < 1.29 is 19.0 Å². The molecule has 0 spiro atoms. The Balaban J connectivity index is 2.92. The van der Waals surface area contributed by atoms with Crippen LogP contribution in [0.3, 0.4) is 0 Å². The highest BCUT2D eigenvalue weighted by atomic mass is 16.5. The fourth-order valence-corrected chi connectivity index (χ4v) is 2.00. The van der Waals surface area contributed by atoms with Crippen LogP contribution in [0, 0.1) is 0 Å². The maximum Gasteiger partial charge on any atom is 0.255 e. The molecule has 1 aromatic rings. The van der Waals surface area contributed by atoms with Gasteiger partial charge in [0, 0.05) is 24.7 Å². The Hall–Kier alpha value is -1.95. The number of methoxy groups -OCH3 is 3. The van der Waals surface area contributed by atoms with Crippen molar-refractivity contribution in [3.63, 3.8) is 0 Å². The molecule has 0 saturated heterocycles. The van der Waals surface area contributed by atoms with Gasteiger partial charge in [-0.3, -0.25) is 4.79 Å². The van der Waals surface area contributed by atoms with Gasteiger partial charge in [0.15, 0.2) is 11.5 Å². The number of ether oxygens (including phenoxy) is 3. The molecule has 0 radical (unpaired) electrons. The first-order valence-corrected chi connectivity index (χ1v) is 6.91. The molecule has 118 valence electrons. The van der Waals surface area contributed by atoms with Crippen LogP contribution < -0.4 is 25.3 Å². The SMILES string of the molecule is CCCC(N)CNC(=O)c1cc(OC)c(OC)cc1OC. The molecular weight excluding hydrogens is 272 g/mol. The lowest BCUT2D eigenvalue weighted by atomic mass is 10.1. The first-order valence-electron chi connectivity index (χ1n) is 6.91. The standard InChI is InChI=1S/C15H24N2O4/c1-5-6-10(16)9-17-15(18)11-7-13(20-3)14(21-4)8-12(11)19-2/h7-8,10H,5-6,9,16H2,1-4H3,(H,17,18). The van der Waals surface area contributed by atoms with Crippen molar-refractivity contribution in [1.82, 2.24) is 5.32 Å². The van der Waals surface area contributed by atoms with E-state index < -0.39 is 0 Å². The highest BCUT2D eigenvalue weighted by Gasteiger charge is 2.18. The van der Waals surface area contributed by atoms with E-state index in [9.17, 15) is 4.79 Å². The summed E-state index contributed by atoms with van der Waals surface area (Å²) < 4.78 is 15.6. The third-order valence-electron chi connectivity index (χ3n) is 3.13. The van der Waals surface area contributed by atoms with Crippen molar-refractivity contribution in [3.8, 4) is 17.2 Å². The van der Waals surface area contributed by atoms with E-state index >= 15 is 0 Å². The van der Waals surface area contributed by atoms with Gasteiger partial charge >= 0.3 is 0 Å². The number of carbonyl (C=O) groups is 1. The van der Waals surface area contributed by atoms with E-state index in [4.69, 9.17) is 19.9 Å². The summed E-state index contributed by atoms with van der Waals surface area (Å²) in [6.45, 7) is 2.48. The lowest BCUT2D eigenvalue weighted by Crippen LogP contribution is -2.37. The molecule has 1 amide bonds. The Morgan fingerprint density at radius 2 is 1.71 bits per heavy atom. The van der Waals surface area contributed by atoms with Crippen LogP contribution in [0.15, 0.2) is 12.1 Å². The molecule has 3 N–H and O–H groups in total. The molecule has 1 atom stereocenters. The minimum atomic E-state index is -0.251. The summed E-state index contributed by atoms with van der Waals surface area (Å²) in [7, 11) is 4.55. The molecule has 0 saturated carbocycles. The van der Waals surface area contributed by atoms with Crippen LogP contribution in [0.1, 0.15) is 30.1 Å². The number of amides is 1. The van der Waals surface area contributed by atoms with Gasteiger partial charge in [-0.05, 0) is 6.42 Å². The van der Waals surface area contributed by atoms with Crippen LogP contribution in [0.4, 0.5) is 0 Å². The van der Waals surface area contributed by atoms with Crippen molar-refractivity contribution in [3.05, 3.63) is 17.7 Å². The highest BCUT2D eigenvalue weighted by Crippen LogP contribution is 2.34. The zero-order valence-electron chi connectivity index (χ0n) is 13.1. The van der Waals surface area contributed by atoms with Crippen LogP contribution in [0.5, 0.6) is 17.2 Å². The Kier molecular flexibility index (Phi) is 6.81. The van der Waals surface area contributed by atoms with Crippen LogP contribution in [-0.4, -0.2) is 39.8 Å². The van der Waals surface area contributed by atoms with Crippen LogP contribution in [-0.2, 0) is 0 Å². The van der Waals surface area contributed by atoms with Crippen LogP contribution in [0.25, 0.3) is 0 Å². The zero-order valence-corrected chi connectivity index (χ0v) is 13.1. The zero-order chi connectivity index (χ0) is 15.8. The molecule has 1 rings (SSSR count). The van der Waals surface area contributed by atoms with Crippen LogP contribution in [0.2, 0.25) is 0 Å². The number of nitrogens with two attached hydrogens (primary N) is 1. The Morgan fingerprint density at radius 3 is 2.24 bits per heavy atom. The fraction of sp³-hybridized carbons (Fsp3) is 0.533. The molecule has 0 aromatic heterocycles. The predicted octanol–water partition coefficient (Wildman–Crippen LogP) is 1.57. The van der Waals surface area contributed by atoms with Crippen molar-refractivity contribution in [2.24, 2.45) is 5.73 Å². The van der Waals surface area contributed by atoms with Gasteiger partial charge < -0.3 is 25.3 Å². The molecule has 0 aliphatic carbocycles. The Morgan fingerprint density at radius 1 is 1.14 bits per heavy atom. The second-order valence-corrected chi connectivity index (χ2v) is 4.67. The van der Waals surface area contributed by atoms with Gasteiger partial charge in [-0.2, -0.15) is 0 Å². The normalized spacial score (nSPS) is 11.7. The van der Waals surface area contributed by atoms with Crippen LogP contribution >= 0.6 is 0 Å². The summed E-state index contributed by atoms with van der Waals surface area (Å²) in [5.74, 6) is 1.16. The van der Waals surface area contributed by atoms with E-state index in [1.807, 2.05) is 0 Å². The number of rotatable bonds is 8. The summed E-state index contributed by atoms with van der Waals surface area (Å²) in [4.78, 5) is 12.3. The fourth-order valence-electron chi connectivity index (χ4n) is 2.00. The average Bonchev–Trinajstić information content (AvgIpc) is 2.51. The Labute approximate surface area is 125 Å². The second kappa shape index (κ2) is 8.36. The second-order valence-electron chi connectivity index (χ2n) is 4.67. The van der Waals surface area contributed by atoms with Gasteiger partial charge in [0.2, 0.25) is 0 Å². The quantitative estimate of drug-likeness (QED) is 0.761. The smallest absolute Gasteiger partial charge is 0.255 e. The molecule has 0 aliphatic heterocycles. The lowest BCUT2D eigenvalue weighted by molar-refractivity contribution is 0.0947. The summed E-state index contributed by atoms with van der Waals surface area (Å²) in [6.07, 6.45) is 1.85. The molecule has 1 aromatic carbocycles. The molecular formula is C15H24N2O4. The number of benzene rings is 1. The van der Waals surface area contributed by atoms with Crippen molar-refractivity contribution in [2.75, 3.05) is 27.9 Å². The largest absolute Gasteiger partial charge is 0.496 e. The molecule has 0 bridgehead atoms. The number of nitrogens with one attached hydrogen (secondary N) is 1. The van der Waals surface area contributed by atoms with Gasteiger partial charge in [-0.25, -0.2) is 0 Å². The third-order valence-corrected chi connectivity index (χ3v) is 3.13. The van der Waals surface area contributed by atoms with Crippen molar-refractivity contribution >= 4 is 5.91 Å². The van der Waals surface area contributed by atoms with E-state index in [0.29, 0.717) is 29.4 Å². The van der Waals surface area contributed by atoms with Gasteiger partial charge in [-0.15, -0.1) is 0 Å². The Bertz CT molecular complexity index is 477. The molecule has 6 heteroatoms. The molecule has 0 fully saturated rings. The number of carbonyl (C=O) groups excluding carboxylic acids is 1. The molecule has 1 unspecified atom stereocenters. The monoisotopic (exact) mass is 296 g/mol. The van der Waals surface area contributed by atoms with E-state index in [1.165, 1.54) is 21.3 Å². The summed E-state index contributed by atoms with van der Waals surface area (Å²) in [6, 6.07) is 3.17. The minimum absolute atomic E-state index is 0.0508. The van der Waals surface area contributed by atoms with Crippen molar-refractivity contribution in [1.29, 1.82) is 0 Å². The minimum Gasteiger partial charge on any atom is -0.496 e. The lowest BCUT2D eigenvalue weighted by Gasteiger charge is -2.15. The maximum atomic E-state index is 12.3. The van der Waals surface area contributed by atoms with Gasteiger partial charge in [0.05, 0.1) is 26.9 Å². The number of hydrogen-bond donors (Lipinski definition) is 2. The topological polar surface area (TPSA) is 82.8 Å². The molecule has 0 aliphatic rings. The van der Waals surface area contributed by atoms with Crippen molar-refractivity contribution in [2.45, 2.75) is 25.8 Å². The molecule has 0 heterocycles. The maximum absolute atomic E-state index is 12.3. The molecule has 21 heavy (non-hydrogen) atoms. The van der Waals surface area contributed by atoms with E-state index in [-0.39, 0.29) is 11.9 Å². The summed E-state index contributed by atoms with van der Waals surface area (Å²) >= 11 is 0. The van der Waals surface area contributed by atoms with Gasteiger partial charge in [0.1, 0.15) is 5.75 Å². The predicted molar refractivity (Wildman–Crippen MR) is 81.3 cm³/mol. The van der Waals surface area contributed by atoms with Gasteiger partial charge in [-0.1, -0.05) is 13.3 Å². The highest BCUT2D eigenvalue weighted by molar-refractivity contribution is 5.97. The number of hydrogen-bond acceptors (Lipinski definition) is 5. The molecule has 6 nitrogen and oxygen atoms in total. The first kappa shape index (κ1) is 17.1.